The number of hydrogen-bond donors (Lipinski definition) is 1. The maximum absolute atomic E-state index is 12.9. The number of anilines is 1. The normalized spacial score (nSPS) is 16.1. The van der Waals surface area contributed by atoms with Gasteiger partial charge in [0.05, 0.1) is 5.41 Å². The quantitative estimate of drug-likeness (QED) is 0.918. The lowest BCUT2D eigenvalue weighted by Crippen LogP contribution is -2.29. The highest BCUT2D eigenvalue weighted by Gasteiger charge is 2.51. The van der Waals surface area contributed by atoms with E-state index in [4.69, 9.17) is 0 Å². The van der Waals surface area contributed by atoms with E-state index in [9.17, 15) is 9.18 Å². The molecular formula is C14H14FN3O. The van der Waals surface area contributed by atoms with Crippen molar-refractivity contribution in [3.63, 3.8) is 0 Å². The van der Waals surface area contributed by atoms with E-state index in [0.717, 1.165) is 18.4 Å². The summed E-state index contributed by atoms with van der Waals surface area (Å²) in [7, 11) is 1.82. The number of carbonyl (C=O) groups is 1. The number of benzene rings is 1. The second-order valence-electron chi connectivity index (χ2n) is 4.90. The molecule has 1 aliphatic rings. The first-order valence-corrected chi connectivity index (χ1v) is 6.17. The minimum atomic E-state index is -0.514. The first-order valence-electron chi connectivity index (χ1n) is 6.17. The van der Waals surface area contributed by atoms with Gasteiger partial charge in [0.25, 0.3) is 0 Å². The molecule has 4 nitrogen and oxygen atoms in total. The van der Waals surface area contributed by atoms with Crippen LogP contribution in [0.25, 0.3) is 0 Å². The van der Waals surface area contributed by atoms with Crippen molar-refractivity contribution in [1.82, 2.24) is 9.55 Å². The van der Waals surface area contributed by atoms with Crippen LogP contribution in [0.2, 0.25) is 0 Å². The maximum atomic E-state index is 12.9. The Morgan fingerprint density at radius 2 is 2.05 bits per heavy atom. The maximum Gasteiger partial charge on any atom is 0.237 e. The molecule has 1 fully saturated rings. The van der Waals surface area contributed by atoms with Crippen LogP contribution in [0.15, 0.2) is 36.7 Å². The highest BCUT2D eigenvalue weighted by atomic mass is 19.1. The number of aromatic nitrogens is 2. The summed E-state index contributed by atoms with van der Waals surface area (Å²) in [5.41, 5.74) is 0.347. The Morgan fingerprint density at radius 3 is 2.58 bits per heavy atom. The largest absolute Gasteiger partial charge is 0.320 e. The molecule has 0 unspecified atom stereocenters. The zero-order valence-electron chi connectivity index (χ0n) is 10.6. The number of aryl methyl sites for hydroxylation is 1. The van der Waals surface area contributed by atoms with Gasteiger partial charge in [-0.25, -0.2) is 9.37 Å². The standard InChI is InChI=1S/C14H14FN3O/c1-18-9-8-16-13(18)17-12(19)14(6-7-14)10-2-4-11(15)5-3-10/h2-5,8-9H,6-7H2,1H3,(H,16,17,19). The SMILES string of the molecule is Cn1ccnc1NC(=O)C1(c2ccc(F)cc2)CC1. The number of imidazole rings is 1. The predicted octanol–water partition coefficient (Wildman–Crippen LogP) is 2.23. The van der Waals surface area contributed by atoms with Gasteiger partial charge in [-0.15, -0.1) is 0 Å². The van der Waals surface area contributed by atoms with Crippen LogP contribution in [0.4, 0.5) is 10.3 Å². The topological polar surface area (TPSA) is 46.9 Å². The van der Waals surface area contributed by atoms with E-state index in [2.05, 4.69) is 10.3 Å². The minimum Gasteiger partial charge on any atom is -0.320 e. The second-order valence-corrected chi connectivity index (χ2v) is 4.90. The third kappa shape index (κ3) is 2.01. The van der Waals surface area contributed by atoms with Crippen molar-refractivity contribution >= 4 is 11.9 Å². The minimum absolute atomic E-state index is 0.0755. The van der Waals surface area contributed by atoms with Gasteiger partial charge in [-0.1, -0.05) is 12.1 Å². The third-order valence-electron chi connectivity index (χ3n) is 3.63. The molecule has 1 aromatic carbocycles. The second kappa shape index (κ2) is 4.19. The fourth-order valence-electron chi connectivity index (χ4n) is 2.25. The summed E-state index contributed by atoms with van der Waals surface area (Å²) in [6.07, 6.45) is 4.98. The molecule has 98 valence electrons. The van der Waals surface area contributed by atoms with Gasteiger partial charge in [0, 0.05) is 19.4 Å². The Morgan fingerprint density at radius 1 is 1.37 bits per heavy atom. The van der Waals surface area contributed by atoms with Crippen molar-refractivity contribution in [2.24, 2.45) is 7.05 Å². The molecule has 3 rings (SSSR count). The van der Waals surface area contributed by atoms with Crippen molar-refractivity contribution in [3.05, 3.63) is 48.0 Å². The molecule has 1 heterocycles. The number of carbonyl (C=O) groups excluding carboxylic acids is 1. The van der Waals surface area contributed by atoms with Gasteiger partial charge in [0.15, 0.2) is 0 Å². The summed E-state index contributed by atoms with van der Waals surface area (Å²) in [6.45, 7) is 0. The number of nitrogens with zero attached hydrogens (tertiary/aromatic N) is 2. The summed E-state index contributed by atoms with van der Waals surface area (Å²) >= 11 is 0. The van der Waals surface area contributed by atoms with Crippen LogP contribution in [0, 0.1) is 5.82 Å². The molecule has 1 amide bonds. The zero-order valence-corrected chi connectivity index (χ0v) is 10.6. The zero-order chi connectivity index (χ0) is 13.5. The van der Waals surface area contributed by atoms with Crippen molar-refractivity contribution in [2.45, 2.75) is 18.3 Å². The first-order chi connectivity index (χ1) is 9.12. The van der Waals surface area contributed by atoms with Crippen LogP contribution in [-0.4, -0.2) is 15.5 Å². The van der Waals surface area contributed by atoms with Gasteiger partial charge < -0.3 is 4.57 Å². The summed E-state index contributed by atoms with van der Waals surface area (Å²) in [5.74, 6) is 0.163. The van der Waals surface area contributed by atoms with E-state index >= 15 is 0 Å². The number of halogens is 1. The van der Waals surface area contributed by atoms with Crippen molar-refractivity contribution in [2.75, 3.05) is 5.32 Å². The highest BCUT2D eigenvalue weighted by molar-refractivity contribution is 6.00. The van der Waals surface area contributed by atoms with E-state index in [-0.39, 0.29) is 11.7 Å². The number of nitrogens with one attached hydrogen (secondary N) is 1. The molecule has 0 spiro atoms. The Hall–Kier alpha value is -2.17. The van der Waals surface area contributed by atoms with E-state index in [1.54, 1.807) is 29.1 Å². The lowest BCUT2D eigenvalue weighted by molar-refractivity contribution is -0.118. The van der Waals surface area contributed by atoms with Crippen LogP contribution in [0.3, 0.4) is 0 Å². The summed E-state index contributed by atoms with van der Waals surface area (Å²) in [4.78, 5) is 16.4. The fraction of sp³-hybridized carbons (Fsp3) is 0.286. The number of rotatable bonds is 3. The van der Waals surface area contributed by atoms with Gasteiger partial charge >= 0.3 is 0 Å². The van der Waals surface area contributed by atoms with Crippen LogP contribution in [0.1, 0.15) is 18.4 Å². The smallest absolute Gasteiger partial charge is 0.237 e. The van der Waals surface area contributed by atoms with Gasteiger partial charge in [0.1, 0.15) is 5.82 Å². The molecule has 1 aromatic heterocycles. The Bertz CT molecular complexity index is 614. The van der Waals surface area contributed by atoms with Gasteiger partial charge in [-0.2, -0.15) is 0 Å². The lowest BCUT2D eigenvalue weighted by atomic mass is 9.95. The fourth-order valence-corrected chi connectivity index (χ4v) is 2.25. The van der Waals surface area contributed by atoms with Gasteiger partial charge in [-0.05, 0) is 30.5 Å². The summed E-state index contributed by atoms with van der Waals surface area (Å²) in [5, 5.41) is 2.83. The monoisotopic (exact) mass is 259 g/mol. The Kier molecular flexibility index (Phi) is 2.62. The molecule has 1 saturated carbocycles. The van der Waals surface area contributed by atoms with Gasteiger partial charge in [-0.3, -0.25) is 10.1 Å². The molecular weight excluding hydrogens is 245 g/mol. The molecule has 0 aliphatic heterocycles. The number of hydrogen-bond acceptors (Lipinski definition) is 2. The van der Waals surface area contributed by atoms with Crippen LogP contribution in [0.5, 0.6) is 0 Å². The molecule has 1 N–H and O–H groups in total. The highest BCUT2D eigenvalue weighted by Crippen LogP contribution is 2.48. The Balaban J connectivity index is 1.83. The molecule has 0 radical (unpaired) electrons. The van der Waals surface area contributed by atoms with E-state index in [0.29, 0.717) is 5.95 Å². The molecule has 0 bridgehead atoms. The van der Waals surface area contributed by atoms with Gasteiger partial charge in [0.2, 0.25) is 11.9 Å². The van der Waals surface area contributed by atoms with E-state index in [1.807, 2.05) is 7.05 Å². The van der Waals surface area contributed by atoms with Crippen LogP contribution in [-0.2, 0) is 17.3 Å². The average molecular weight is 259 g/mol. The first kappa shape index (κ1) is 11.9. The molecule has 5 heteroatoms. The van der Waals surface area contributed by atoms with Crippen molar-refractivity contribution in [3.8, 4) is 0 Å². The predicted molar refractivity (Wildman–Crippen MR) is 69.1 cm³/mol. The summed E-state index contributed by atoms with van der Waals surface area (Å²) < 4.78 is 14.7. The molecule has 1 aliphatic carbocycles. The third-order valence-corrected chi connectivity index (χ3v) is 3.63. The molecule has 2 aromatic rings. The average Bonchev–Trinajstić information content (AvgIpc) is 3.11. The number of amides is 1. The van der Waals surface area contributed by atoms with Crippen molar-refractivity contribution in [1.29, 1.82) is 0 Å². The molecule has 19 heavy (non-hydrogen) atoms. The molecule has 0 saturated heterocycles. The van der Waals surface area contributed by atoms with Crippen molar-refractivity contribution < 1.29 is 9.18 Å². The Labute approximate surface area is 110 Å². The van der Waals surface area contributed by atoms with E-state index in [1.165, 1.54) is 12.1 Å². The van der Waals surface area contributed by atoms with Crippen LogP contribution >= 0.6 is 0 Å². The lowest BCUT2D eigenvalue weighted by Gasteiger charge is -2.15. The molecule has 0 atom stereocenters. The van der Waals surface area contributed by atoms with Crippen LogP contribution < -0.4 is 5.32 Å². The van der Waals surface area contributed by atoms with E-state index < -0.39 is 5.41 Å². The summed E-state index contributed by atoms with van der Waals surface area (Å²) in [6, 6.07) is 6.15.